The van der Waals surface area contributed by atoms with Crippen LogP contribution in [0.2, 0.25) is 0 Å². The first kappa shape index (κ1) is 11.7. The molecule has 1 N–H and O–H groups in total. The van der Waals surface area contributed by atoms with Crippen LogP contribution >= 0.6 is 24.0 Å². The highest BCUT2D eigenvalue weighted by Crippen LogP contribution is 2.28. The summed E-state index contributed by atoms with van der Waals surface area (Å²) in [6.07, 6.45) is 4.34. The molecule has 0 aromatic carbocycles. The van der Waals surface area contributed by atoms with E-state index in [-0.39, 0.29) is 24.0 Å². The van der Waals surface area contributed by atoms with Crippen LogP contribution < -0.4 is 5.32 Å². The second-order valence-electron chi connectivity index (χ2n) is 4.36. The molecule has 1 saturated carbocycles. The summed E-state index contributed by atoms with van der Waals surface area (Å²) in [5, 5.41) is 3.41. The lowest BCUT2D eigenvalue weighted by molar-refractivity contribution is 0.173. The number of hydrogen-bond donors (Lipinski definition) is 1. The Bertz CT molecular complexity index is 143. The van der Waals surface area contributed by atoms with Crippen LogP contribution in [0.4, 0.5) is 0 Å². The fraction of sp³-hybridized carbons (Fsp3) is 1.00. The van der Waals surface area contributed by atoms with Crippen LogP contribution in [-0.4, -0.2) is 37.1 Å². The summed E-state index contributed by atoms with van der Waals surface area (Å²) in [6, 6.07) is 0.919. The van der Waals surface area contributed by atoms with Crippen molar-refractivity contribution in [3.63, 3.8) is 0 Å². The highest BCUT2D eigenvalue weighted by Gasteiger charge is 2.27. The Morgan fingerprint density at radius 1 is 1.15 bits per heavy atom. The summed E-state index contributed by atoms with van der Waals surface area (Å²) in [5.74, 6) is 0.977. The third-order valence-electron chi connectivity index (χ3n) is 3.34. The summed E-state index contributed by atoms with van der Waals surface area (Å²) in [7, 11) is 0. The van der Waals surface area contributed by atoms with Crippen molar-refractivity contribution in [2.45, 2.75) is 32.2 Å². The van der Waals surface area contributed by atoms with Crippen molar-refractivity contribution in [1.82, 2.24) is 10.2 Å². The number of nitrogens with one attached hydrogen (secondary N) is 1. The standard InChI is InChI=1S/C10H20N2.HI/c1-9-2-3-10(8-9)12-6-4-11-5-7-12;/h9-11H,2-8H2,1H3;1H. The molecule has 1 aliphatic heterocycles. The molecule has 2 aliphatic rings. The topological polar surface area (TPSA) is 15.3 Å². The number of hydrogen-bond acceptors (Lipinski definition) is 2. The lowest BCUT2D eigenvalue weighted by Crippen LogP contribution is -2.47. The third-order valence-corrected chi connectivity index (χ3v) is 3.34. The predicted octanol–water partition coefficient (Wildman–Crippen LogP) is 1.70. The Kier molecular flexibility index (Phi) is 4.97. The largest absolute Gasteiger partial charge is 0.314 e. The summed E-state index contributed by atoms with van der Waals surface area (Å²) >= 11 is 0. The summed E-state index contributed by atoms with van der Waals surface area (Å²) in [5.41, 5.74) is 0. The molecule has 2 unspecified atom stereocenters. The van der Waals surface area contributed by atoms with Crippen LogP contribution in [0.25, 0.3) is 0 Å². The zero-order chi connectivity index (χ0) is 8.39. The molecular formula is C10H21IN2. The summed E-state index contributed by atoms with van der Waals surface area (Å²) < 4.78 is 0. The van der Waals surface area contributed by atoms with Crippen molar-refractivity contribution < 1.29 is 0 Å². The van der Waals surface area contributed by atoms with Crippen LogP contribution in [-0.2, 0) is 0 Å². The zero-order valence-corrected chi connectivity index (χ0v) is 10.8. The van der Waals surface area contributed by atoms with Gasteiger partial charge in [0, 0.05) is 32.2 Å². The molecule has 1 heterocycles. The normalized spacial score (nSPS) is 35.8. The van der Waals surface area contributed by atoms with Gasteiger partial charge < -0.3 is 5.32 Å². The van der Waals surface area contributed by atoms with Gasteiger partial charge in [0.15, 0.2) is 0 Å². The van der Waals surface area contributed by atoms with Crippen molar-refractivity contribution in [1.29, 1.82) is 0 Å². The molecular weight excluding hydrogens is 275 g/mol. The molecule has 0 aromatic rings. The molecule has 0 radical (unpaired) electrons. The van der Waals surface area contributed by atoms with E-state index in [0.717, 1.165) is 12.0 Å². The highest BCUT2D eigenvalue weighted by molar-refractivity contribution is 14.0. The Labute approximate surface area is 98.5 Å². The van der Waals surface area contributed by atoms with E-state index in [2.05, 4.69) is 17.1 Å². The molecule has 2 atom stereocenters. The number of halogens is 1. The van der Waals surface area contributed by atoms with Gasteiger partial charge in [0.1, 0.15) is 0 Å². The molecule has 78 valence electrons. The molecule has 13 heavy (non-hydrogen) atoms. The third kappa shape index (κ3) is 3.06. The van der Waals surface area contributed by atoms with Crippen LogP contribution in [0, 0.1) is 5.92 Å². The quantitative estimate of drug-likeness (QED) is 0.741. The molecule has 2 rings (SSSR count). The van der Waals surface area contributed by atoms with E-state index in [1.807, 2.05) is 0 Å². The summed E-state index contributed by atoms with van der Waals surface area (Å²) in [6.45, 7) is 7.34. The Balaban J connectivity index is 0.000000845. The summed E-state index contributed by atoms with van der Waals surface area (Å²) in [4.78, 5) is 2.68. The van der Waals surface area contributed by atoms with Gasteiger partial charge in [0.2, 0.25) is 0 Å². The second-order valence-corrected chi connectivity index (χ2v) is 4.36. The predicted molar refractivity (Wildman–Crippen MR) is 66.7 cm³/mol. The lowest BCUT2D eigenvalue weighted by Gasteiger charge is -2.32. The highest BCUT2D eigenvalue weighted by atomic mass is 127. The van der Waals surface area contributed by atoms with E-state index in [1.165, 1.54) is 45.4 Å². The van der Waals surface area contributed by atoms with E-state index in [0.29, 0.717) is 0 Å². The first-order chi connectivity index (χ1) is 5.86. The van der Waals surface area contributed by atoms with Crippen molar-refractivity contribution >= 4 is 24.0 Å². The average Bonchev–Trinajstić information content (AvgIpc) is 2.54. The van der Waals surface area contributed by atoms with Crippen LogP contribution in [0.15, 0.2) is 0 Å². The van der Waals surface area contributed by atoms with Crippen molar-refractivity contribution in [3.8, 4) is 0 Å². The van der Waals surface area contributed by atoms with Crippen molar-refractivity contribution in [2.24, 2.45) is 5.92 Å². The van der Waals surface area contributed by atoms with Gasteiger partial charge in [-0.3, -0.25) is 4.90 Å². The van der Waals surface area contributed by atoms with E-state index in [4.69, 9.17) is 0 Å². The first-order valence-electron chi connectivity index (χ1n) is 5.31. The SMILES string of the molecule is CC1CCC(N2CCNCC2)C1.I. The smallest absolute Gasteiger partial charge is 0.0110 e. The fourth-order valence-electron chi connectivity index (χ4n) is 2.56. The Hall–Kier alpha value is 0.650. The minimum absolute atomic E-state index is 0. The molecule has 0 amide bonds. The van der Waals surface area contributed by atoms with Crippen LogP contribution in [0.3, 0.4) is 0 Å². The number of nitrogens with zero attached hydrogens (tertiary/aromatic N) is 1. The number of rotatable bonds is 1. The fourth-order valence-corrected chi connectivity index (χ4v) is 2.56. The van der Waals surface area contributed by atoms with Gasteiger partial charge in [-0.1, -0.05) is 6.92 Å². The van der Waals surface area contributed by atoms with Gasteiger partial charge in [0.05, 0.1) is 0 Å². The van der Waals surface area contributed by atoms with Gasteiger partial charge >= 0.3 is 0 Å². The maximum atomic E-state index is 3.41. The second kappa shape index (κ2) is 5.51. The van der Waals surface area contributed by atoms with E-state index in [9.17, 15) is 0 Å². The van der Waals surface area contributed by atoms with Gasteiger partial charge in [-0.25, -0.2) is 0 Å². The minimum atomic E-state index is 0. The zero-order valence-electron chi connectivity index (χ0n) is 8.46. The van der Waals surface area contributed by atoms with Crippen LogP contribution in [0.1, 0.15) is 26.2 Å². The van der Waals surface area contributed by atoms with E-state index in [1.54, 1.807) is 0 Å². The number of piperazine rings is 1. The van der Waals surface area contributed by atoms with Gasteiger partial charge in [-0.05, 0) is 25.2 Å². The molecule has 2 nitrogen and oxygen atoms in total. The molecule has 0 spiro atoms. The van der Waals surface area contributed by atoms with Crippen LogP contribution in [0.5, 0.6) is 0 Å². The lowest BCUT2D eigenvalue weighted by atomic mass is 10.1. The maximum Gasteiger partial charge on any atom is 0.0110 e. The molecule has 2 fully saturated rings. The van der Waals surface area contributed by atoms with E-state index < -0.39 is 0 Å². The monoisotopic (exact) mass is 296 g/mol. The molecule has 1 aliphatic carbocycles. The van der Waals surface area contributed by atoms with Crippen molar-refractivity contribution in [3.05, 3.63) is 0 Å². The van der Waals surface area contributed by atoms with E-state index >= 15 is 0 Å². The van der Waals surface area contributed by atoms with Crippen molar-refractivity contribution in [2.75, 3.05) is 26.2 Å². The Morgan fingerprint density at radius 3 is 2.38 bits per heavy atom. The molecule has 1 saturated heterocycles. The first-order valence-corrected chi connectivity index (χ1v) is 5.31. The molecule has 3 heteroatoms. The Morgan fingerprint density at radius 2 is 1.85 bits per heavy atom. The van der Waals surface area contributed by atoms with Gasteiger partial charge in [-0.2, -0.15) is 0 Å². The van der Waals surface area contributed by atoms with Gasteiger partial charge in [-0.15, -0.1) is 24.0 Å². The maximum absolute atomic E-state index is 3.41. The average molecular weight is 296 g/mol. The van der Waals surface area contributed by atoms with Gasteiger partial charge in [0.25, 0.3) is 0 Å². The molecule has 0 bridgehead atoms. The molecule has 0 aromatic heterocycles. The minimum Gasteiger partial charge on any atom is -0.314 e.